The Kier molecular flexibility index (Phi) is 3.51. The molecule has 0 N–H and O–H groups in total. The Morgan fingerprint density at radius 3 is 2.16 bits per heavy atom. The number of aromatic nitrogens is 4. The smallest absolute Gasteiger partial charge is 0.116 e. The highest BCUT2D eigenvalue weighted by molar-refractivity contribution is 5.68. The summed E-state index contributed by atoms with van der Waals surface area (Å²) in [6.07, 6.45) is 5.11. The molecule has 2 heterocycles. The lowest BCUT2D eigenvalue weighted by atomic mass is 10.1. The third-order valence-corrected chi connectivity index (χ3v) is 2.81. The van der Waals surface area contributed by atoms with E-state index in [-0.39, 0.29) is 0 Å². The molecule has 2 aromatic heterocycles. The fourth-order valence-corrected chi connectivity index (χ4v) is 1.86. The lowest BCUT2D eigenvalue weighted by molar-refractivity contribution is 1.02. The summed E-state index contributed by atoms with van der Waals surface area (Å²) in [5.74, 6) is 0. The Balaban J connectivity index is 2.68. The molecule has 0 amide bonds. The molecule has 2 rings (SSSR count). The third-order valence-electron chi connectivity index (χ3n) is 2.81. The van der Waals surface area contributed by atoms with Crippen LogP contribution in [0.25, 0.3) is 23.5 Å². The fourth-order valence-electron chi connectivity index (χ4n) is 1.86. The minimum atomic E-state index is 0.712. The van der Waals surface area contributed by atoms with Gasteiger partial charge in [0.25, 0.3) is 0 Å². The summed E-state index contributed by atoms with van der Waals surface area (Å²) in [5.41, 5.74) is 5.46. The number of aryl methyl sites for hydroxylation is 3. The van der Waals surface area contributed by atoms with E-state index < -0.39 is 0 Å². The van der Waals surface area contributed by atoms with Crippen molar-refractivity contribution < 1.29 is 0 Å². The SMILES string of the molecule is C=Cc1nc(C)c(-c2ncc(C)nc2C=C)nc1C. The lowest BCUT2D eigenvalue weighted by Crippen LogP contribution is -2.03. The van der Waals surface area contributed by atoms with Crippen molar-refractivity contribution in [1.29, 1.82) is 0 Å². The van der Waals surface area contributed by atoms with E-state index in [0.29, 0.717) is 5.69 Å². The molecule has 0 saturated heterocycles. The van der Waals surface area contributed by atoms with E-state index >= 15 is 0 Å². The summed E-state index contributed by atoms with van der Waals surface area (Å²) >= 11 is 0. The molecular weight excluding hydrogens is 236 g/mol. The molecule has 0 aromatic carbocycles. The first kappa shape index (κ1) is 13.1. The van der Waals surface area contributed by atoms with Crippen molar-refractivity contribution in [3.63, 3.8) is 0 Å². The van der Waals surface area contributed by atoms with Gasteiger partial charge < -0.3 is 0 Å². The highest BCUT2D eigenvalue weighted by Crippen LogP contribution is 2.23. The summed E-state index contributed by atoms with van der Waals surface area (Å²) in [6.45, 7) is 13.2. The maximum absolute atomic E-state index is 4.57. The largest absolute Gasteiger partial charge is 0.250 e. The van der Waals surface area contributed by atoms with Crippen molar-refractivity contribution in [2.24, 2.45) is 0 Å². The zero-order chi connectivity index (χ0) is 14.0. The first-order chi connectivity index (χ1) is 9.06. The van der Waals surface area contributed by atoms with Crippen LogP contribution >= 0.6 is 0 Å². The molecule has 4 heteroatoms. The van der Waals surface area contributed by atoms with E-state index in [1.54, 1.807) is 18.3 Å². The van der Waals surface area contributed by atoms with Crippen LogP contribution < -0.4 is 0 Å². The second-order valence-electron chi connectivity index (χ2n) is 4.28. The Labute approximate surface area is 113 Å². The van der Waals surface area contributed by atoms with Gasteiger partial charge in [-0.15, -0.1) is 0 Å². The highest BCUT2D eigenvalue weighted by Gasteiger charge is 2.13. The summed E-state index contributed by atoms with van der Waals surface area (Å²) in [6, 6.07) is 0. The van der Waals surface area contributed by atoms with E-state index in [1.165, 1.54) is 0 Å². The van der Waals surface area contributed by atoms with Gasteiger partial charge >= 0.3 is 0 Å². The van der Waals surface area contributed by atoms with Gasteiger partial charge in [0.05, 0.1) is 28.5 Å². The first-order valence-corrected chi connectivity index (χ1v) is 6.01. The fraction of sp³-hybridized carbons (Fsp3) is 0.200. The van der Waals surface area contributed by atoms with E-state index in [1.807, 2.05) is 20.8 Å². The molecule has 0 atom stereocenters. The third kappa shape index (κ3) is 2.42. The first-order valence-electron chi connectivity index (χ1n) is 6.01. The van der Waals surface area contributed by atoms with Gasteiger partial charge in [-0.3, -0.25) is 4.98 Å². The molecule has 0 radical (unpaired) electrons. The molecular formula is C15H16N4. The maximum atomic E-state index is 4.57. The van der Waals surface area contributed by atoms with E-state index in [9.17, 15) is 0 Å². The number of hydrogen-bond acceptors (Lipinski definition) is 4. The van der Waals surface area contributed by atoms with Gasteiger partial charge in [-0.1, -0.05) is 13.2 Å². The van der Waals surface area contributed by atoms with E-state index in [4.69, 9.17) is 0 Å². The van der Waals surface area contributed by atoms with Crippen LogP contribution in [0.5, 0.6) is 0 Å². The molecule has 0 saturated carbocycles. The topological polar surface area (TPSA) is 51.6 Å². The van der Waals surface area contributed by atoms with Crippen LogP contribution in [0.15, 0.2) is 19.4 Å². The van der Waals surface area contributed by atoms with Crippen LogP contribution in [-0.4, -0.2) is 19.9 Å². The average molecular weight is 252 g/mol. The maximum Gasteiger partial charge on any atom is 0.116 e. The molecule has 0 fully saturated rings. The number of nitrogens with zero attached hydrogens (tertiary/aromatic N) is 4. The van der Waals surface area contributed by atoms with Crippen molar-refractivity contribution in [1.82, 2.24) is 19.9 Å². The van der Waals surface area contributed by atoms with Gasteiger partial charge in [0, 0.05) is 6.20 Å². The van der Waals surface area contributed by atoms with Crippen LogP contribution in [-0.2, 0) is 0 Å². The molecule has 0 unspecified atom stereocenters. The molecule has 0 aliphatic rings. The second kappa shape index (κ2) is 5.10. The van der Waals surface area contributed by atoms with Crippen molar-refractivity contribution in [2.45, 2.75) is 20.8 Å². The second-order valence-corrected chi connectivity index (χ2v) is 4.28. The Bertz CT molecular complexity index is 659. The van der Waals surface area contributed by atoms with E-state index in [2.05, 4.69) is 33.1 Å². The zero-order valence-electron chi connectivity index (χ0n) is 11.4. The molecule has 4 nitrogen and oxygen atoms in total. The normalized spacial score (nSPS) is 10.3. The van der Waals surface area contributed by atoms with Gasteiger partial charge in [-0.2, -0.15) is 0 Å². The van der Waals surface area contributed by atoms with E-state index in [0.717, 1.165) is 34.2 Å². The Hall–Kier alpha value is -2.36. The summed E-state index contributed by atoms with van der Waals surface area (Å²) < 4.78 is 0. The number of hydrogen-bond donors (Lipinski definition) is 0. The zero-order valence-corrected chi connectivity index (χ0v) is 11.4. The van der Waals surface area contributed by atoms with Crippen molar-refractivity contribution >= 4 is 12.2 Å². The van der Waals surface area contributed by atoms with Gasteiger partial charge in [0.1, 0.15) is 11.4 Å². The van der Waals surface area contributed by atoms with Crippen LogP contribution in [0.1, 0.15) is 28.5 Å². The molecule has 0 bridgehead atoms. The number of rotatable bonds is 3. The summed E-state index contributed by atoms with van der Waals surface area (Å²) in [7, 11) is 0. The molecule has 0 aliphatic carbocycles. The molecule has 19 heavy (non-hydrogen) atoms. The van der Waals surface area contributed by atoms with Crippen LogP contribution in [0.4, 0.5) is 0 Å². The van der Waals surface area contributed by atoms with Crippen molar-refractivity contribution in [3.8, 4) is 11.4 Å². The lowest BCUT2D eigenvalue weighted by Gasteiger charge is -2.09. The highest BCUT2D eigenvalue weighted by atomic mass is 14.9. The van der Waals surface area contributed by atoms with Gasteiger partial charge in [-0.05, 0) is 32.9 Å². The minimum Gasteiger partial charge on any atom is -0.250 e. The van der Waals surface area contributed by atoms with Gasteiger partial charge in [-0.25, -0.2) is 15.0 Å². The van der Waals surface area contributed by atoms with Crippen LogP contribution in [0.3, 0.4) is 0 Å². The predicted octanol–water partition coefficient (Wildman–Crippen LogP) is 3.14. The molecule has 96 valence electrons. The Morgan fingerprint density at radius 1 is 0.842 bits per heavy atom. The summed E-state index contributed by atoms with van der Waals surface area (Å²) in [5, 5.41) is 0. The van der Waals surface area contributed by atoms with Crippen molar-refractivity contribution in [2.75, 3.05) is 0 Å². The minimum absolute atomic E-state index is 0.712. The van der Waals surface area contributed by atoms with Gasteiger partial charge in [0.15, 0.2) is 0 Å². The average Bonchev–Trinajstić information content (AvgIpc) is 2.41. The molecule has 2 aromatic rings. The quantitative estimate of drug-likeness (QED) is 0.842. The van der Waals surface area contributed by atoms with Crippen molar-refractivity contribution in [3.05, 3.63) is 47.8 Å². The Morgan fingerprint density at radius 2 is 1.53 bits per heavy atom. The summed E-state index contributed by atoms with van der Waals surface area (Å²) in [4.78, 5) is 17.9. The molecule has 0 aliphatic heterocycles. The predicted molar refractivity (Wildman–Crippen MR) is 77.5 cm³/mol. The molecule has 0 spiro atoms. The standard InChI is InChI=1S/C15H16N4/c1-6-12-10(4)19-14(11(5)18-12)15-13(7-2)17-9(3)8-16-15/h6-8H,1-2H2,3-5H3. The van der Waals surface area contributed by atoms with Crippen LogP contribution in [0, 0.1) is 20.8 Å². The van der Waals surface area contributed by atoms with Gasteiger partial charge in [0.2, 0.25) is 0 Å². The van der Waals surface area contributed by atoms with Crippen LogP contribution in [0.2, 0.25) is 0 Å². The monoisotopic (exact) mass is 252 g/mol.